The van der Waals surface area contributed by atoms with Gasteiger partial charge in [0, 0.05) is 36.0 Å². The summed E-state index contributed by atoms with van der Waals surface area (Å²) < 4.78 is 13.0. The highest BCUT2D eigenvalue weighted by atomic mass is 16.6. The second kappa shape index (κ2) is 5.30. The summed E-state index contributed by atoms with van der Waals surface area (Å²) in [4.78, 5) is 27.1. The van der Waals surface area contributed by atoms with Crippen LogP contribution in [0.4, 0.5) is 0 Å². The van der Waals surface area contributed by atoms with Crippen molar-refractivity contribution in [3.05, 3.63) is 41.0 Å². The van der Waals surface area contributed by atoms with Gasteiger partial charge in [0.05, 0.1) is 5.60 Å². The van der Waals surface area contributed by atoms with E-state index in [9.17, 15) is 19.8 Å². The molecule has 5 aliphatic rings. The summed E-state index contributed by atoms with van der Waals surface area (Å²) in [7, 11) is 0. The quantitative estimate of drug-likeness (QED) is 0.744. The van der Waals surface area contributed by atoms with Crippen LogP contribution in [0.1, 0.15) is 50.9 Å². The number of hydrogen-bond donors (Lipinski definition) is 2. The molecule has 1 saturated heterocycles. The summed E-state index contributed by atoms with van der Waals surface area (Å²) in [6.07, 6.45) is 4.50. The van der Waals surface area contributed by atoms with E-state index in [0.717, 1.165) is 11.6 Å². The lowest BCUT2D eigenvalue weighted by atomic mass is 9.51. The largest absolute Gasteiger partial charge is 0.508 e. The van der Waals surface area contributed by atoms with Gasteiger partial charge in [0.15, 0.2) is 22.8 Å². The van der Waals surface area contributed by atoms with Crippen LogP contribution in [0.25, 0.3) is 0 Å². The molecule has 0 amide bonds. The Labute approximate surface area is 168 Å². The van der Waals surface area contributed by atoms with E-state index in [4.69, 9.17) is 9.47 Å². The fourth-order valence-corrected chi connectivity index (χ4v) is 5.88. The fraction of sp³-hybridized carbons (Fsp3) is 0.478. The summed E-state index contributed by atoms with van der Waals surface area (Å²) >= 11 is 0. The number of Topliss-reactive ketones (excluding diaryl/α,β-unsaturated/α-hetero) is 2. The average Bonchev–Trinajstić information content (AvgIpc) is 2.77. The maximum Gasteiger partial charge on any atom is 0.200 e. The van der Waals surface area contributed by atoms with Crippen LogP contribution >= 0.6 is 0 Å². The number of allylic oxidation sites excluding steroid dienone is 2. The monoisotopic (exact) mass is 396 g/mol. The molecule has 29 heavy (non-hydrogen) atoms. The van der Waals surface area contributed by atoms with Crippen molar-refractivity contribution in [1.29, 1.82) is 0 Å². The van der Waals surface area contributed by atoms with E-state index >= 15 is 0 Å². The third kappa shape index (κ3) is 2.00. The van der Waals surface area contributed by atoms with Gasteiger partial charge in [0.1, 0.15) is 22.8 Å². The lowest BCUT2D eigenvalue weighted by molar-refractivity contribution is -0.171. The summed E-state index contributed by atoms with van der Waals surface area (Å²) in [5, 5.41) is 20.3. The van der Waals surface area contributed by atoms with Gasteiger partial charge in [0.2, 0.25) is 0 Å². The average molecular weight is 396 g/mol. The molecule has 1 unspecified atom stereocenters. The molecule has 3 aliphatic carbocycles. The van der Waals surface area contributed by atoms with Crippen molar-refractivity contribution in [1.82, 2.24) is 0 Å². The second-order valence-corrected chi connectivity index (χ2v) is 9.36. The SMILES string of the molecule is CC(C)=CC[C@@]12OC(C)(C)C3C[C@@H](C=C4C(=O)c5c(O)cc(O)cc5O[C@]431)C2=O. The molecular formula is C23H24O6. The predicted molar refractivity (Wildman–Crippen MR) is 104 cm³/mol. The van der Waals surface area contributed by atoms with Crippen molar-refractivity contribution in [2.24, 2.45) is 11.8 Å². The minimum atomic E-state index is -1.32. The highest BCUT2D eigenvalue weighted by Crippen LogP contribution is 2.67. The minimum absolute atomic E-state index is 0.0224. The van der Waals surface area contributed by atoms with Gasteiger partial charge in [-0.15, -0.1) is 0 Å². The standard InChI is InChI=1S/C23H24O6/c1-11(2)5-6-22-20(27)12-7-14-19(26)18-15(25)9-13(24)10-16(18)28-23(14,22)17(8-12)21(3,4)29-22/h5,7,9-10,12,17,24-25H,6,8H2,1-4H3/t12-,17?,22+,23-/m1/s1. The van der Waals surface area contributed by atoms with Gasteiger partial charge in [-0.25, -0.2) is 0 Å². The Morgan fingerprint density at radius 3 is 2.66 bits per heavy atom. The number of benzene rings is 1. The summed E-state index contributed by atoms with van der Waals surface area (Å²) in [5.41, 5.74) is -1.83. The molecule has 4 atom stereocenters. The number of hydrogen-bond acceptors (Lipinski definition) is 6. The number of phenolic OH excluding ortho intramolecular Hbond substituents is 2. The molecule has 2 heterocycles. The van der Waals surface area contributed by atoms with Crippen LogP contribution < -0.4 is 4.74 Å². The van der Waals surface area contributed by atoms with Crippen LogP contribution in [0.3, 0.4) is 0 Å². The summed E-state index contributed by atoms with van der Waals surface area (Å²) in [6.45, 7) is 7.77. The lowest BCUT2D eigenvalue weighted by Gasteiger charge is -2.56. The van der Waals surface area contributed by atoms with Gasteiger partial charge < -0.3 is 19.7 Å². The van der Waals surface area contributed by atoms with Crippen LogP contribution in [0.5, 0.6) is 17.2 Å². The van der Waals surface area contributed by atoms with Gasteiger partial charge in [-0.3, -0.25) is 9.59 Å². The third-order valence-electron chi connectivity index (χ3n) is 6.97. The molecule has 152 valence electrons. The van der Waals surface area contributed by atoms with Crippen LogP contribution in [0.2, 0.25) is 0 Å². The molecular weight excluding hydrogens is 372 g/mol. The highest BCUT2D eigenvalue weighted by molar-refractivity contribution is 6.18. The molecule has 1 spiro atoms. The van der Waals surface area contributed by atoms with Crippen LogP contribution in [-0.4, -0.2) is 38.6 Å². The predicted octanol–water partition coefficient (Wildman–Crippen LogP) is 3.46. The number of ether oxygens (including phenoxy) is 2. The van der Waals surface area contributed by atoms with E-state index in [1.165, 1.54) is 6.07 Å². The normalized spacial score (nSPS) is 35.5. The van der Waals surface area contributed by atoms with E-state index in [-0.39, 0.29) is 40.3 Å². The van der Waals surface area contributed by atoms with E-state index in [1.54, 1.807) is 6.08 Å². The van der Waals surface area contributed by atoms with Crippen molar-refractivity contribution in [2.45, 2.75) is 57.3 Å². The smallest absolute Gasteiger partial charge is 0.200 e. The number of aromatic hydroxyl groups is 2. The number of rotatable bonds is 2. The Morgan fingerprint density at radius 2 is 1.97 bits per heavy atom. The molecule has 6 rings (SSSR count). The summed E-state index contributed by atoms with van der Waals surface area (Å²) in [5.74, 6) is -1.53. The molecule has 0 aromatic heterocycles. The number of ketones is 2. The zero-order valence-electron chi connectivity index (χ0n) is 16.9. The summed E-state index contributed by atoms with van der Waals surface area (Å²) in [6, 6.07) is 2.45. The number of carbonyl (C=O) groups excluding carboxylic acids is 2. The molecule has 1 aromatic carbocycles. The van der Waals surface area contributed by atoms with E-state index in [0.29, 0.717) is 18.4 Å². The van der Waals surface area contributed by atoms with Crippen LogP contribution in [0, 0.1) is 11.8 Å². The Bertz CT molecular complexity index is 1040. The van der Waals surface area contributed by atoms with Crippen molar-refractivity contribution in [3.8, 4) is 17.2 Å². The number of fused-ring (bicyclic) bond motifs is 1. The maximum atomic E-state index is 13.6. The Morgan fingerprint density at radius 1 is 1.24 bits per heavy atom. The Hall–Kier alpha value is -2.60. The third-order valence-corrected chi connectivity index (χ3v) is 6.97. The van der Waals surface area contributed by atoms with E-state index < -0.39 is 22.7 Å². The van der Waals surface area contributed by atoms with Crippen molar-refractivity contribution in [2.75, 3.05) is 0 Å². The van der Waals surface area contributed by atoms with Gasteiger partial charge in [-0.05, 0) is 34.1 Å². The fourth-order valence-electron chi connectivity index (χ4n) is 5.88. The molecule has 1 saturated carbocycles. The van der Waals surface area contributed by atoms with Crippen molar-refractivity contribution < 1.29 is 29.3 Å². The first-order valence-electron chi connectivity index (χ1n) is 9.93. The van der Waals surface area contributed by atoms with Gasteiger partial charge >= 0.3 is 0 Å². The Balaban J connectivity index is 1.82. The first kappa shape index (κ1) is 18.4. The first-order valence-corrected chi connectivity index (χ1v) is 9.93. The molecule has 2 N–H and O–H groups in total. The molecule has 0 radical (unpaired) electrons. The van der Waals surface area contributed by atoms with Crippen LogP contribution in [0.15, 0.2) is 35.4 Å². The minimum Gasteiger partial charge on any atom is -0.508 e. The number of carbonyl (C=O) groups is 2. The van der Waals surface area contributed by atoms with E-state index in [2.05, 4.69) is 0 Å². The van der Waals surface area contributed by atoms with Gasteiger partial charge in [0.25, 0.3) is 0 Å². The Kier molecular flexibility index (Phi) is 3.37. The topological polar surface area (TPSA) is 93.1 Å². The molecule has 4 bridgehead atoms. The lowest BCUT2D eigenvalue weighted by Crippen LogP contribution is -2.72. The molecule has 2 fully saturated rings. The van der Waals surface area contributed by atoms with Crippen molar-refractivity contribution >= 4 is 11.6 Å². The maximum absolute atomic E-state index is 13.6. The molecule has 6 nitrogen and oxygen atoms in total. The first-order chi connectivity index (χ1) is 13.5. The number of phenols is 2. The zero-order chi connectivity index (χ0) is 20.9. The van der Waals surface area contributed by atoms with Gasteiger partial charge in [-0.2, -0.15) is 0 Å². The van der Waals surface area contributed by atoms with E-state index in [1.807, 2.05) is 33.8 Å². The van der Waals surface area contributed by atoms with Crippen molar-refractivity contribution in [3.63, 3.8) is 0 Å². The highest BCUT2D eigenvalue weighted by Gasteiger charge is 2.81. The second-order valence-electron chi connectivity index (χ2n) is 9.36. The van der Waals surface area contributed by atoms with Gasteiger partial charge in [-0.1, -0.05) is 17.7 Å². The molecule has 6 heteroatoms. The molecule has 1 aromatic rings. The molecule has 2 aliphatic heterocycles. The zero-order valence-corrected chi connectivity index (χ0v) is 16.9. The van der Waals surface area contributed by atoms with Crippen LogP contribution in [-0.2, 0) is 9.53 Å².